The number of nitrogens with one attached hydrogen (secondary N) is 1. The van der Waals surface area contributed by atoms with E-state index in [0.29, 0.717) is 30.6 Å². The van der Waals surface area contributed by atoms with Gasteiger partial charge in [-0.2, -0.15) is 0 Å². The highest BCUT2D eigenvalue weighted by Gasteiger charge is 2.19. The molecule has 1 aromatic heterocycles. The fraction of sp³-hybridized carbons (Fsp3) is 0.438. The summed E-state index contributed by atoms with van der Waals surface area (Å²) in [6, 6.07) is 7.63. The van der Waals surface area contributed by atoms with Gasteiger partial charge in [0.05, 0.1) is 5.92 Å². The van der Waals surface area contributed by atoms with Crippen LogP contribution in [0.25, 0.3) is 11.0 Å². The van der Waals surface area contributed by atoms with E-state index in [4.69, 9.17) is 16.0 Å². The van der Waals surface area contributed by atoms with E-state index in [0.717, 1.165) is 16.5 Å². The highest BCUT2D eigenvalue weighted by atomic mass is 35.5. The van der Waals surface area contributed by atoms with Crippen LogP contribution in [0.4, 0.5) is 0 Å². The summed E-state index contributed by atoms with van der Waals surface area (Å²) in [4.78, 5) is 11.2. The van der Waals surface area contributed by atoms with Gasteiger partial charge in [0, 0.05) is 24.0 Å². The van der Waals surface area contributed by atoms with Crippen LogP contribution in [-0.4, -0.2) is 17.6 Å². The molecular formula is C16H20ClNO3. The first-order valence-corrected chi connectivity index (χ1v) is 7.46. The maximum atomic E-state index is 11.2. The van der Waals surface area contributed by atoms with Gasteiger partial charge in [0.1, 0.15) is 5.58 Å². The lowest BCUT2D eigenvalue weighted by Gasteiger charge is -2.15. The van der Waals surface area contributed by atoms with Crippen molar-refractivity contribution in [1.82, 2.24) is 5.32 Å². The smallest absolute Gasteiger partial charge is 0.307 e. The number of para-hydroxylation sites is 1. The standard InChI is InChI=1S/C16H20ClNO3/c1-10(2)7-11(16(19)20)8-18-9-13-12-5-3-4-6-14(12)21-15(13)17/h3-6,10-11,18H,7-9H2,1-2H3,(H,19,20). The second kappa shape index (κ2) is 6.96. The molecule has 2 rings (SSSR count). The number of rotatable bonds is 7. The number of fused-ring (bicyclic) bond motifs is 1. The molecule has 0 spiro atoms. The highest BCUT2D eigenvalue weighted by Crippen LogP contribution is 2.29. The molecule has 2 aromatic rings. The first-order valence-electron chi connectivity index (χ1n) is 7.08. The van der Waals surface area contributed by atoms with Gasteiger partial charge in [-0.05, 0) is 30.0 Å². The Balaban J connectivity index is 2.01. The Kier molecular flexibility index (Phi) is 5.26. The third kappa shape index (κ3) is 3.99. The number of halogens is 1. The van der Waals surface area contributed by atoms with Gasteiger partial charge in [-0.15, -0.1) is 0 Å². The Morgan fingerprint density at radius 1 is 1.38 bits per heavy atom. The Morgan fingerprint density at radius 3 is 2.76 bits per heavy atom. The molecule has 0 aliphatic rings. The number of carbonyl (C=O) groups is 1. The van der Waals surface area contributed by atoms with E-state index in [9.17, 15) is 9.90 Å². The van der Waals surface area contributed by atoms with Crippen molar-refractivity contribution in [2.75, 3.05) is 6.54 Å². The van der Waals surface area contributed by atoms with E-state index < -0.39 is 5.97 Å². The lowest BCUT2D eigenvalue weighted by Crippen LogP contribution is -2.29. The molecule has 0 saturated heterocycles. The number of aliphatic carboxylic acids is 1. The SMILES string of the molecule is CC(C)CC(CNCc1c(Cl)oc2ccccc12)C(=O)O. The van der Waals surface area contributed by atoms with E-state index in [2.05, 4.69) is 5.32 Å². The molecule has 0 fully saturated rings. The van der Waals surface area contributed by atoms with Crippen LogP contribution in [0.5, 0.6) is 0 Å². The third-order valence-electron chi connectivity index (χ3n) is 3.45. The Labute approximate surface area is 129 Å². The predicted molar refractivity (Wildman–Crippen MR) is 83.5 cm³/mol. The topological polar surface area (TPSA) is 62.5 Å². The zero-order chi connectivity index (χ0) is 15.4. The third-order valence-corrected chi connectivity index (χ3v) is 3.75. The summed E-state index contributed by atoms with van der Waals surface area (Å²) in [5.41, 5.74) is 1.62. The summed E-state index contributed by atoms with van der Waals surface area (Å²) in [5, 5.41) is 13.7. The molecule has 0 amide bonds. The van der Waals surface area contributed by atoms with Gasteiger partial charge in [-0.25, -0.2) is 0 Å². The van der Waals surface area contributed by atoms with Crippen molar-refractivity contribution in [2.24, 2.45) is 11.8 Å². The van der Waals surface area contributed by atoms with Crippen LogP contribution in [0.3, 0.4) is 0 Å². The normalized spacial score (nSPS) is 13.0. The molecule has 5 heteroatoms. The molecule has 1 unspecified atom stereocenters. The summed E-state index contributed by atoms with van der Waals surface area (Å²) >= 11 is 6.11. The van der Waals surface area contributed by atoms with Gasteiger partial charge in [-0.1, -0.05) is 32.0 Å². The van der Waals surface area contributed by atoms with E-state index in [-0.39, 0.29) is 5.92 Å². The van der Waals surface area contributed by atoms with Gasteiger partial charge >= 0.3 is 5.97 Å². The minimum absolute atomic E-state index is 0.353. The van der Waals surface area contributed by atoms with Crippen molar-refractivity contribution >= 4 is 28.5 Å². The molecular weight excluding hydrogens is 290 g/mol. The first kappa shape index (κ1) is 15.9. The molecule has 0 bridgehead atoms. The molecule has 21 heavy (non-hydrogen) atoms. The van der Waals surface area contributed by atoms with Crippen LogP contribution in [0, 0.1) is 11.8 Å². The molecule has 2 N–H and O–H groups in total. The number of carboxylic acids is 1. The molecule has 0 radical (unpaired) electrons. The summed E-state index contributed by atoms with van der Waals surface area (Å²) < 4.78 is 5.48. The van der Waals surface area contributed by atoms with E-state index in [1.807, 2.05) is 38.1 Å². The monoisotopic (exact) mass is 309 g/mol. The number of benzene rings is 1. The van der Waals surface area contributed by atoms with Crippen molar-refractivity contribution in [3.8, 4) is 0 Å². The van der Waals surface area contributed by atoms with Crippen LogP contribution < -0.4 is 5.32 Å². The van der Waals surface area contributed by atoms with E-state index in [1.165, 1.54) is 0 Å². The largest absolute Gasteiger partial charge is 0.481 e. The maximum Gasteiger partial charge on any atom is 0.307 e. The maximum absolute atomic E-state index is 11.2. The summed E-state index contributed by atoms with van der Waals surface area (Å²) in [6.45, 7) is 4.97. The van der Waals surface area contributed by atoms with Crippen LogP contribution in [-0.2, 0) is 11.3 Å². The second-order valence-corrected chi connectivity index (χ2v) is 5.99. The van der Waals surface area contributed by atoms with Gasteiger partial charge < -0.3 is 14.8 Å². The molecule has 1 aromatic carbocycles. The average Bonchev–Trinajstić information content (AvgIpc) is 2.73. The molecule has 1 atom stereocenters. The average molecular weight is 310 g/mol. The molecule has 0 saturated carbocycles. The van der Waals surface area contributed by atoms with Crippen molar-refractivity contribution in [3.05, 3.63) is 35.0 Å². The Hall–Kier alpha value is -1.52. The van der Waals surface area contributed by atoms with Crippen LogP contribution in [0.2, 0.25) is 5.22 Å². The Morgan fingerprint density at radius 2 is 2.10 bits per heavy atom. The number of furan rings is 1. The summed E-state index contributed by atoms with van der Waals surface area (Å²) in [7, 11) is 0. The van der Waals surface area contributed by atoms with Crippen LogP contribution in [0.15, 0.2) is 28.7 Å². The van der Waals surface area contributed by atoms with Gasteiger partial charge in [0.25, 0.3) is 0 Å². The minimum Gasteiger partial charge on any atom is -0.481 e. The summed E-state index contributed by atoms with van der Waals surface area (Å²) in [5.74, 6) is -0.799. The van der Waals surface area contributed by atoms with Gasteiger partial charge in [0.2, 0.25) is 0 Å². The molecule has 114 valence electrons. The van der Waals surface area contributed by atoms with Crippen molar-refractivity contribution in [2.45, 2.75) is 26.8 Å². The fourth-order valence-electron chi connectivity index (χ4n) is 2.45. The lowest BCUT2D eigenvalue weighted by atomic mass is 9.97. The minimum atomic E-state index is -0.764. The first-order chi connectivity index (χ1) is 9.99. The second-order valence-electron chi connectivity index (χ2n) is 5.65. The quantitative estimate of drug-likeness (QED) is 0.813. The van der Waals surface area contributed by atoms with Crippen LogP contribution >= 0.6 is 11.6 Å². The predicted octanol–water partition coefficient (Wildman–Crippen LogP) is 3.92. The highest BCUT2D eigenvalue weighted by molar-refractivity contribution is 6.30. The molecule has 1 heterocycles. The van der Waals surface area contributed by atoms with Crippen LogP contribution in [0.1, 0.15) is 25.8 Å². The van der Waals surface area contributed by atoms with Crippen molar-refractivity contribution < 1.29 is 14.3 Å². The Bertz CT molecular complexity index is 621. The lowest BCUT2D eigenvalue weighted by molar-refractivity contribution is -0.142. The van der Waals surface area contributed by atoms with Gasteiger partial charge in [-0.3, -0.25) is 4.79 Å². The van der Waals surface area contributed by atoms with Crippen molar-refractivity contribution in [3.63, 3.8) is 0 Å². The zero-order valence-electron chi connectivity index (χ0n) is 12.2. The molecule has 4 nitrogen and oxygen atoms in total. The summed E-state index contributed by atoms with van der Waals surface area (Å²) in [6.07, 6.45) is 0.655. The van der Waals surface area contributed by atoms with E-state index >= 15 is 0 Å². The molecule has 0 aliphatic heterocycles. The molecule has 0 aliphatic carbocycles. The van der Waals surface area contributed by atoms with E-state index in [1.54, 1.807) is 0 Å². The van der Waals surface area contributed by atoms with Crippen molar-refractivity contribution in [1.29, 1.82) is 0 Å². The number of carboxylic acid groups (broad SMARTS) is 1. The van der Waals surface area contributed by atoms with Gasteiger partial charge in [0.15, 0.2) is 5.22 Å². The number of hydrogen-bond acceptors (Lipinski definition) is 3. The number of hydrogen-bond donors (Lipinski definition) is 2. The fourth-order valence-corrected chi connectivity index (χ4v) is 2.70. The zero-order valence-corrected chi connectivity index (χ0v) is 13.0.